The molecule has 0 aliphatic carbocycles. The highest BCUT2D eigenvalue weighted by atomic mass is 35.5. The maximum absolute atomic E-state index is 12.7. The summed E-state index contributed by atoms with van der Waals surface area (Å²) in [4.78, 5) is 14.4. The molecule has 0 saturated carbocycles. The summed E-state index contributed by atoms with van der Waals surface area (Å²) in [6.07, 6.45) is 0.682. The van der Waals surface area contributed by atoms with Gasteiger partial charge in [-0.25, -0.2) is 4.79 Å². The number of ether oxygens (including phenoxy) is 1. The molecule has 2 aliphatic rings. The number of carbonyl (C=O) groups excluding carboxylic acids is 1. The number of hydrogen-bond donors (Lipinski definition) is 1. The van der Waals surface area contributed by atoms with E-state index in [1.807, 2.05) is 56.3 Å². The van der Waals surface area contributed by atoms with E-state index in [1.165, 1.54) is 0 Å². The molecule has 23 heavy (non-hydrogen) atoms. The number of carbonyl (C=O) groups is 1. The van der Waals surface area contributed by atoms with Gasteiger partial charge in [0.1, 0.15) is 5.75 Å². The first-order valence-corrected chi connectivity index (χ1v) is 8.00. The average Bonchev–Trinajstić information content (AvgIpc) is 2.50. The summed E-state index contributed by atoms with van der Waals surface area (Å²) in [5.41, 5.74) is 2.00. The number of rotatable bonds is 1. The van der Waals surface area contributed by atoms with Crippen LogP contribution in [0.1, 0.15) is 30.5 Å². The number of anilines is 1. The number of amides is 2. The highest BCUT2D eigenvalue weighted by Crippen LogP contribution is 2.45. The van der Waals surface area contributed by atoms with Crippen LogP contribution in [0.25, 0.3) is 0 Å². The van der Waals surface area contributed by atoms with Crippen LogP contribution < -0.4 is 15.0 Å². The zero-order valence-corrected chi connectivity index (χ0v) is 13.7. The van der Waals surface area contributed by atoms with Crippen LogP contribution in [0, 0.1) is 6.92 Å². The smallest absolute Gasteiger partial charge is 0.325 e. The van der Waals surface area contributed by atoms with Crippen LogP contribution in [0.3, 0.4) is 0 Å². The summed E-state index contributed by atoms with van der Waals surface area (Å²) >= 11 is 6.24. The van der Waals surface area contributed by atoms with E-state index in [2.05, 4.69) is 5.32 Å². The summed E-state index contributed by atoms with van der Waals surface area (Å²) in [6.45, 7) is 3.88. The van der Waals surface area contributed by atoms with Gasteiger partial charge in [-0.3, -0.25) is 4.90 Å². The van der Waals surface area contributed by atoms with Crippen LogP contribution in [-0.4, -0.2) is 11.8 Å². The second-order valence-electron chi connectivity index (χ2n) is 6.29. The lowest BCUT2D eigenvalue weighted by atomic mass is 9.90. The predicted octanol–water partition coefficient (Wildman–Crippen LogP) is 4.42. The van der Waals surface area contributed by atoms with E-state index in [0.29, 0.717) is 11.4 Å². The first-order valence-electron chi connectivity index (χ1n) is 7.63. The SMILES string of the molecule is Cc1ccc(N2C(=O)N[C@H]3C[C@]2(C)Oc2ccccc23)cc1Cl. The molecule has 1 fully saturated rings. The maximum atomic E-state index is 12.7. The summed E-state index contributed by atoms with van der Waals surface area (Å²) in [7, 11) is 0. The normalized spacial score (nSPS) is 25.4. The fraction of sp³-hybridized carbons (Fsp3) is 0.278. The molecule has 0 spiro atoms. The van der Waals surface area contributed by atoms with E-state index in [0.717, 1.165) is 22.6 Å². The van der Waals surface area contributed by atoms with Crippen LogP contribution in [-0.2, 0) is 0 Å². The molecule has 0 aromatic heterocycles. The number of benzene rings is 2. The third kappa shape index (κ3) is 2.17. The molecule has 1 N–H and O–H groups in total. The van der Waals surface area contributed by atoms with Gasteiger partial charge in [-0.1, -0.05) is 35.9 Å². The lowest BCUT2D eigenvalue weighted by Crippen LogP contribution is -2.65. The molecule has 2 amide bonds. The zero-order chi connectivity index (χ0) is 16.2. The van der Waals surface area contributed by atoms with Gasteiger partial charge in [0.15, 0.2) is 5.72 Å². The van der Waals surface area contributed by atoms with E-state index in [4.69, 9.17) is 16.3 Å². The molecule has 4 nitrogen and oxygen atoms in total. The Morgan fingerprint density at radius 3 is 2.87 bits per heavy atom. The molecule has 0 unspecified atom stereocenters. The van der Waals surface area contributed by atoms with Crippen LogP contribution >= 0.6 is 11.6 Å². The number of fused-ring (bicyclic) bond motifs is 4. The van der Waals surface area contributed by atoms with Crippen LogP contribution in [0.2, 0.25) is 5.02 Å². The molecule has 2 aromatic carbocycles. The van der Waals surface area contributed by atoms with Crippen molar-refractivity contribution in [2.24, 2.45) is 0 Å². The van der Waals surface area contributed by atoms with Gasteiger partial charge in [0, 0.05) is 17.0 Å². The van der Waals surface area contributed by atoms with Crippen LogP contribution in [0.15, 0.2) is 42.5 Å². The molecule has 0 radical (unpaired) electrons. The lowest BCUT2D eigenvalue weighted by Gasteiger charge is -2.50. The van der Waals surface area contributed by atoms with Gasteiger partial charge in [0.05, 0.1) is 11.7 Å². The third-order valence-corrected chi connectivity index (χ3v) is 5.00. The van der Waals surface area contributed by atoms with E-state index < -0.39 is 5.72 Å². The minimum Gasteiger partial charge on any atom is -0.467 e. The van der Waals surface area contributed by atoms with E-state index >= 15 is 0 Å². The Bertz CT molecular complexity index is 807. The van der Waals surface area contributed by atoms with Crippen LogP contribution in [0.4, 0.5) is 10.5 Å². The Morgan fingerprint density at radius 2 is 2.09 bits per heavy atom. The molecule has 2 atom stereocenters. The largest absolute Gasteiger partial charge is 0.467 e. The van der Waals surface area contributed by atoms with E-state index in [-0.39, 0.29) is 12.1 Å². The maximum Gasteiger partial charge on any atom is 0.325 e. The minimum atomic E-state index is -0.736. The van der Waals surface area contributed by atoms with Crippen molar-refractivity contribution in [1.29, 1.82) is 0 Å². The van der Waals surface area contributed by atoms with Crippen molar-refractivity contribution in [3.8, 4) is 5.75 Å². The number of urea groups is 1. The third-order valence-electron chi connectivity index (χ3n) is 4.59. The monoisotopic (exact) mass is 328 g/mol. The topological polar surface area (TPSA) is 41.6 Å². The minimum absolute atomic E-state index is 0.0328. The van der Waals surface area contributed by atoms with Crippen molar-refractivity contribution in [1.82, 2.24) is 5.32 Å². The molecule has 2 aliphatic heterocycles. The van der Waals surface area contributed by atoms with E-state index in [1.54, 1.807) is 4.90 Å². The van der Waals surface area contributed by atoms with Crippen molar-refractivity contribution in [2.45, 2.75) is 32.0 Å². The molecule has 5 heteroatoms. The molecule has 118 valence electrons. The second-order valence-corrected chi connectivity index (χ2v) is 6.70. The van der Waals surface area contributed by atoms with Gasteiger partial charge < -0.3 is 10.1 Å². The standard InChI is InChI=1S/C18H17ClN2O2/c1-11-7-8-12(9-14(11)19)21-17(22)20-15-10-18(21,2)23-16-6-4-3-5-13(15)16/h3-9,15H,10H2,1-2H3,(H,20,22)/t15-,18-/m0/s1. The second kappa shape index (κ2) is 4.90. The fourth-order valence-corrected chi connectivity index (χ4v) is 3.61. The predicted molar refractivity (Wildman–Crippen MR) is 90.0 cm³/mol. The first-order chi connectivity index (χ1) is 11.0. The van der Waals surface area contributed by atoms with Crippen molar-refractivity contribution >= 4 is 23.3 Å². The van der Waals surface area contributed by atoms with Gasteiger partial charge in [-0.15, -0.1) is 0 Å². The Labute approximate surface area is 140 Å². The molecule has 2 bridgehead atoms. The molecular weight excluding hydrogens is 312 g/mol. The fourth-order valence-electron chi connectivity index (χ4n) is 3.43. The average molecular weight is 329 g/mol. The summed E-state index contributed by atoms with van der Waals surface area (Å²) in [6, 6.07) is 13.3. The molecule has 2 aromatic rings. The first kappa shape index (κ1) is 14.4. The number of hydrogen-bond acceptors (Lipinski definition) is 2. The highest BCUT2D eigenvalue weighted by molar-refractivity contribution is 6.31. The summed E-state index contributed by atoms with van der Waals surface area (Å²) in [5, 5.41) is 3.71. The zero-order valence-electron chi connectivity index (χ0n) is 13.0. The van der Waals surface area contributed by atoms with Crippen molar-refractivity contribution in [2.75, 3.05) is 4.90 Å². The number of nitrogens with one attached hydrogen (secondary N) is 1. The lowest BCUT2D eigenvalue weighted by molar-refractivity contribution is 0.0379. The Balaban J connectivity index is 1.81. The number of halogens is 1. The van der Waals surface area contributed by atoms with Crippen LogP contribution in [0.5, 0.6) is 5.75 Å². The Kier molecular flexibility index (Phi) is 3.07. The number of aryl methyl sites for hydroxylation is 1. The number of nitrogens with zero attached hydrogens (tertiary/aromatic N) is 1. The summed E-state index contributed by atoms with van der Waals surface area (Å²) in [5.74, 6) is 0.814. The molecule has 2 heterocycles. The van der Waals surface area contributed by atoms with Crippen molar-refractivity contribution < 1.29 is 9.53 Å². The Morgan fingerprint density at radius 1 is 1.30 bits per heavy atom. The van der Waals surface area contributed by atoms with Gasteiger partial charge >= 0.3 is 6.03 Å². The van der Waals surface area contributed by atoms with Gasteiger partial charge in [0.2, 0.25) is 0 Å². The van der Waals surface area contributed by atoms with Crippen molar-refractivity contribution in [3.05, 3.63) is 58.6 Å². The quantitative estimate of drug-likeness (QED) is 0.842. The Hall–Kier alpha value is -2.20. The van der Waals surface area contributed by atoms with Gasteiger partial charge in [-0.05, 0) is 37.6 Å². The molecule has 4 rings (SSSR count). The van der Waals surface area contributed by atoms with Crippen molar-refractivity contribution in [3.63, 3.8) is 0 Å². The molecular formula is C18H17ClN2O2. The summed E-state index contributed by atoms with van der Waals surface area (Å²) < 4.78 is 6.22. The van der Waals surface area contributed by atoms with E-state index in [9.17, 15) is 4.79 Å². The highest BCUT2D eigenvalue weighted by Gasteiger charge is 2.49. The number of para-hydroxylation sites is 1. The molecule has 1 saturated heterocycles. The van der Waals surface area contributed by atoms with Gasteiger partial charge in [0.25, 0.3) is 0 Å². The van der Waals surface area contributed by atoms with Gasteiger partial charge in [-0.2, -0.15) is 0 Å².